The zero-order valence-corrected chi connectivity index (χ0v) is 27.2. The molecule has 1 atom stereocenters. The van der Waals surface area contributed by atoms with Crippen LogP contribution in [0.25, 0.3) is 0 Å². The third-order valence-electron chi connectivity index (χ3n) is 8.00. The van der Waals surface area contributed by atoms with Gasteiger partial charge in [0.05, 0.1) is 25.2 Å². The van der Waals surface area contributed by atoms with Crippen LogP contribution >= 0.6 is 0 Å². The Kier molecular flexibility index (Phi) is 9.65. The number of amides is 3. The van der Waals surface area contributed by atoms with E-state index in [1.54, 1.807) is 25.7 Å². The monoisotopic (exact) mass is 630 g/mol. The fourth-order valence-electron chi connectivity index (χ4n) is 5.68. The first-order valence-corrected chi connectivity index (χ1v) is 16.7. The fraction of sp³-hybridized carbons (Fsp3) is 0.531. The third-order valence-corrected chi connectivity index (χ3v) is 9.13. The van der Waals surface area contributed by atoms with E-state index in [4.69, 9.17) is 9.47 Å². The summed E-state index contributed by atoms with van der Waals surface area (Å²) in [4.78, 5) is 41.4. The van der Waals surface area contributed by atoms with Crippen LogP contribution in [0.1, 0.15) is 58.6 Å². The first kappa shape index (κ1) is 33.3. The Bertz CT molecular complexity index is 1460. The van der Waals surface area contributed by atoms with E-state index in [9.17, 15) is 22.8 Å². The van der Waals surface area contributed by atoms with Gasteiger partial charge in [-0.2, -0.15) is 0 Å². The predicted molar refractivity (Wildman–Crippen MR) is 168 cm³/mol. The molecule has 1 saturated heterocycles. The number of rotatable bonds is 9. The van der Waals surface area contributed by atoms with Crippen molar-refractivity contribution >= 4 is 33.6 Å². The third kappa shape index (κ3) is 7.89. The number of carbonyl (C=O) groups excluding carboxylic acids is 3. The average molecular weight is 631 g/mol. The molecule has 4 rings (SSSR count). The van der Waals surface area contributed by atoms with Gasteiger partial charge < -0.3 is 25.0 Å². The van der Waals surface area contributed by atoms with E-state index in [0.29, 0.717) is 38.2 Å². The van der Waals surface area contributed by atoms with Crippen LogP contribution in [-0.4, -0.2) is 80.9 Å². The molecular formula is C32H44N4O7S. The van der Waals surface area contributed by atoms with Gasteiger partial charge in [0.1, 0.15) is 17.2 Å². The van der Waals surface area contributed by atoms with Gasteiger partial charge >= 0.3 is 6.09 Å². The topological polar surface area (TPSA) is 134 Å². The Hall–Kier alpha value is -3.64. The molecule has 11 nitrogen and oxygen atoms in total. The fourth-order valence-corrected chi connectivity index (χ4v) is 6.68. The Morgan fingerprint density at radius 1 is 0.977 bits per heavy atom. The quantitative estimate of drug-likeness (QED) is 0.434. The molecule has 0 aliphatic carbocycles. The minimum atomic E-state index is -3.46. The summed E-state index contributed by atoms with van der Waals surface area (Å²) in [5.41, 5.74) is 0.0574. The molecule has 0 saturated carbocycles. The molecule has 1 spiro atoms. The van der Waals surface area contributed by atoms with Crippen molar-refractivity contribution < 1.29 is 32.3 Å². The number of ether oxygens (including phenoxy) is 2. The highest BCUT2D eigenvalue weighted by Crippen LogP contribution is 2.47. The average Bonchev–Trinajstić information content (AvgIpc) is 3.26. The van der Waals surface area contributed by atoms with Gasteiger partial charge in [-0.05, 0) is 64.7 Å². The van der Waals surface area contributed by atoms with E-state index < -0.39 is 44.6 Å². The summed E-state index contributed by atoms with van der Waals surface area (Å²) < 4.78 is 37.8. The smallest absolute Gasteiger partial charge is 0.408 e. The van der Waals surface area contributed by atoms with Crippen molar-refractivity contribution in [1.82, 2.24) is 15.5 Å². The molecule has 2 aliphatic rings. The number of alkyl carbamates (subject to hydrolysis) is 1. The summed E-state index contributed by atoms with van der Waals surface area (Å²) in [6.45, 7) is 9.53. The number of carbonyl (C=O) groups is 3. The minimum Gasteiger partial charge on any atom is -0.444 e. The van der Waals surface area contributed by atoms with Crippen LogP contribution in [-0.2, 0) is 41.1 Å². The van der Waals surface area contributed by atoms with Crippen LogP contribution in [0, 0.1) is 0 Å². The highest BCUT2D eigenvalue weighted by Gasteiger charge is 2.48. The van der Waals surface area contributed by atoms with Crippen LogP contribution in [0.3, 0.4) is 0 Å². The highest BCUT2D eigenvalue weighted by atomic mass is 32.2. The molecule has 44 heavy (non-hydrogen) atoms. The molecule has 2 aromatic carbocycles. The number of hydrogen-bond donors (Lipinski definition) is 2. The number of anilines is 1. The van der Waals surface area contributed by atoms with Crippen molar-refractivity contribution in [2.45, 2.75) is 76.7 Å². The van der Waals surface area contributed by atoms with Crippen molar-refractivity contribution in [1.29, 1.82) is 0 Å². The Morgan fingerprint density at radius 3 is 2.20 bits per heavy atom. The van der Waals surface area contributed by atoms with Crippen molar-refractivity contribution in [3.05, 3.63) is 65.7 Å². The molecule has 240 valence electrons. The van der Waals surface area contributed by atoms with Gasteiger partial charge in [0, 0.05) is 25.0 Å². The van der Waals surface area contributed by atoms with Gasteiger partial charge in [0.15, 0.2) is 0 Å². The van der Waals surface area contributed by atoms with Crippen LogP contribution in [0.4, 0.5) is 10.5 Å². The number of benzene rings is 2. The number of nitrogens with zero attached hydrogens (tertiary/aromatic N) is 2. The van der Waals surface area contributed by atoms with Gasteiger partial charge in [-0.25, -0.2) is 13.2 Å². The summed E-state index contributed by atoms with van der Waals surface area (Å²) in [5.74, 6) is -0.868. The Labute approximate surface area is 260 Å². The maximum atomic E-state index is 13.9. The number of sulfonamides is 1. The van der Waals surface area contributed by atoms with E-state index in [1.807, 2.05) is 54.6 Å². The number of nitrogens with one attached hydrogen (secondary N) is 2. The van der Waals surface area contributed by atoms with Crippen molar-refractivity contribution in [3.63, 3.8) is 0 Å². The molecule has 2 aliphatic heterocycles. The maximum absolute atomic E-state index is 13.9. The summed E-state index contributed by atoms with van der Waals surface area (Å²) in [6, 6.07) is 16.0. The number of para-hydroxylation sites is 1. The molecule has 0 bridgehead atoms. The predicted octanol–water partition coefficient (Wildman–Crippen LogP) is 3.33. The lowest BCUT2D eigenvalue weighted by Crippen LogP contribution is -2.61. The van der Waals surface area contributed by atoms with Crippen LogP contribution in [0.5, 0.6) is 0 Å². The highest BCUT2D eigenvalue weighted by molar-refractivity contribution is 7.92. The van der Waals surface area contributed by atoms with Crippen LogP contribution in [0.2, 0.25) is 0 Å². The zero-order valence-electron chi connectivity index (χ0n) is 26.4. The van der Waals surface area contributed by atoms with Gasteiger partial charge in [-0.3, -0.25) is 13.9 Å². The molecule has 2 aromatic rings. The number of piperidine rings is 1. The summed E-state index contributed by atoms with van der Waals surface area (Å²) in [5, 5.41) is 5.38. The number of hydrogen-bond acceptors (Lipinski definition) is 7. The zero-order chi connectivity index (χ0) is 32.3. The lowest BCUT2D eigenvalue weighted by atomic mass is 9.74. The SMILES string of the molecule is CC(C)(C)OC(=O)NC(C)(C)C(=O)N[C@H](COCc1ccccc1)C(=O)N1CCC2(CC1)CN(S([14CH3])(=O)=O)c1ccccc12. The molecular weight excluding hydrogens is 586 g/mol. The Balaban J connectivity index is 1.47. The lowest BCUT2D eigenvalue weighted by Gasteiger charge is -2.41. The summed E-state index contributed by atoms with van der Waals surface area (Å²) >= 11 is 0. The molecule has 2 heterocycles. The number of likely N-dealkylation sites (tertiary alicyclic amines) is 1. The molecule has 2 N–H and O–H groups in total. The van der Waals surface area contributed by atoms with E-state index in [-0.39, 0.29) is 19.1 Å². The van der Waals surface area contributed by atoms with Gasteiger partial charge in [-0.1, -0.05) is 48.5 Å². The van der Waals surface area contributed by atoms with Crippen molar-refractivity contribution in [2.24, 2.45) is 0 Å². The molecule has 1 fully saturated rings. The largest absolute Gasteiger partial charge is 0.444 e. The molecule has 0 unspecified atom stereocenters. The molecule has 12 heteroatoms. The Morgan fingerprint density at radius 2 is 1.59 bits per heavy atom. The first-order valence-electron chi connectivity index (χ1n) is 14.8. The normalized spacial score (nSPS) is 17.1. The van der Waals surface area contributed by atoms with E-state index >= 15 is 0 Å². The van der Waals surface area contributed by atoms with E-state index in [0.717, 1.165) is 11.1 Å². The lowest BCUT2D eigenvalue weighted by molar-refractivity contribution is -0.141. The van der Waals surface area contributed by atoms with Gasteiger partial charge in [0.25, 0.3) is 0 Å². The van der Waals surface area contributed by atoms with Gasteiger partial charge in [0.2, 0.25) is 21.8 Å². The first-order chi connectivity index (χ1) is 20.5. The molecule has 3 amide bonds. The second-order valence-corrected chi connectivity index (χ2v) is 15.1. The minimum absolute atomic E-state index is 0.0751. The summed E-state index contributed by atoms with van der Waals surface area (Å²) in [7, 11) is -3.46. The molecule has 0 radical (unpaired) electrons. The second kappa shape index (κ2) is 12.8. The van der Waals surface area contributed by atoms with Crippen molar-refractivity contribution in [3.8, 4) is 0 Å². The maximum Gasteiger partial charge on any atom is 0.408 e. The second-order valence-electron chi connectivity index (χ2n) is 13.2. The van der Waals surface area contributed by atoms with Crippen LogP contribution in [0.15, 0.2) is 54.6 Å². The standard InChI is InChI=1S/C32H44N4O7S/c1-30(2,3)43-29(39)34-31(4,5)28(38)33-25(21-42-20-23-12-8-7-9-13-23)27(37)35-18-16-32(17-19-35)22-36(44(6,40)41)26-15-11-10-14-24(26)32/h7-15,25H,16-22H2,1-6H3,(H,33,38)(H,34,39)/t25-/m1/s1/i6+2. The van der Waals surface area contributed by atoms with Gasteiger partial charge in [-0.15, -0.1) is 0 Å². The van der Waals surface area contributed by atoms with E-state index in [1.165, 1.54) is 24.4 Å². The number of fused-ring (bicyclic) bond motifs is 2. The summed E-state index contributed by atoms with van der Waals surface area (Å²) in [6.07, 6.45) is 1.60. The van der Waals surface area contributed by atoms with Crippen molar-refractivity contribution in [2.75, 3.05) is 36.8 Å². The van der Waals surface area contributed by atoms with Crippen LogP contribution < -0.4 is 14.9 Å². The van der Waals surface area contributed by atoms with E-state index in [2.05, 4.69) is 10.6 Å². The molecule has 0 aromatic heterocycles.